The molecule has 0 aliphatic carbocycles. The van der Waals surface area contributed by atoms with Crippen molar-refractivity contribution in [1.29, 1.82) is 0 Å². The fourth-order valence-electron chi connectivity index (χ4n) is 2.37. The van der Waals surface area contributed by atoms with Gasteiger partial charge in [-0.25, -0.2) is 9.37 Å². The minimum Gasteiger partial charge on any atom is -0.299 e. The molecule has 118 valence electrons. The molecule has 0 spiro atoms. The second-order valence-electron chi connectivity index (χ2n) is 5.17. The number of halogens is 4. The number of imidazole rings is 1. The van der Waals surface area contributed by atoms with Gasteiger partial charge in [0.25, 0.3) is 0 Å². The first-order valence-electron chi connectivity index (χ1n) is 6.84. The summed E-state index contributed by atoms with van der Waals surface area (Å²) in [6, 6.07) is 12.6. The molecule has 0 fully saturated rings. The van der Waals surface area contributed by atoms with Crippen molar-refractivity contribution in [3.05, 3.63) is 71.8 Å². The number of aryl methyl sites for hydroxylation is 1. The Balaban J connectivity index is 2.24. The molecule has 0 saturated carbocycles. The van der Waals surface area contributed by atoms with Gasteiger partial charge < -0.3 is 0 Å². The summed E-state index contributed by atoms with van der Waals surface area (Å²) in [5, 5.41) is 0. The molecule has 0 unspecified atom stereocenters. The van der Waals surface area contributed by atoms with Crippen LogP contribution in [0, 0.1) is 12.7 Å². The number of para-hydroxylation sites is 1. The summed E-state index contributed by atoms with van der Waals surface area (Å²) in [6.45, 7) is 1.67. The molecule has 2 nitrogen and oxygen atoms in total. The van der Waals surface area contributed by atoms with E-state index < -0.39 is 17.7 Å². The van der Waals surface area contributed by atoms with Crippen LogP contribution in [-0.2, 0) is 6.18 Å². The molecule has 0 saturated heterocycles. The molecule has 1 aromatic heterocycles. The van der Waals surface area contributed by atoms with Crippen LogP contribution in [0.5, 0.6) is 0 Å². The molecule has 0 bridgehead atoms. The average molecular weight is 320 g/mol. The van der Waals surface area contributed by atoms with Gasteiger partial charge in [0.1, 0.15) is 11.6 Å². The number of aromatic nitrogens is 2. The average Bonchev–Trinajstić information content (AvgIpc) is 2.92. The van der Waals surface area contributed by atoms with E-state index in [1.54, 1.807) is 43.3 Å². The van der Waals surface area contributed by atoms with E-state index in [-0.39, 0.29) is 5.82 Å². The van der Waals surface area contributed by atoms with E-state index >= 15 is 0 Å². The molecule has 0 N–H and O–H groups in total. The lowest BCUT2D eigenvalue weighted by Gasteiger charge is -2.08. The fourth-order valence-corrected chi connectivity index (χ4v) is 2.37. The van der Waals surface area contributed by atoms with Crippen LogP contribution in [0.4, 0.5) is 17.6 Å². The van der Waals surface area contributed by atoms with Crippen LogP contribution in [0.2, 0.25) is 0 Å². The molecule has 6 heteroatoms. The van der Waals surface area contributed by atoms with E-state index in [0.717, 1.165) is 6.20 Å². The lowest BCUT2D eigenvalue weighted by Crippen LogP contribution is -2.05. The van der Waals surface area contributed by atoms with Gasteiger partial charge in [0.2, 0.25) is 0 Å². The predicted molar refractivity (Wildman–Crippen MR) is 78.7 cm³/mol. The normalized spacial score (nSPS) is 11.7. The molecule has 0 atom stereocenters. The van der Waals surface area contributed by atoms with Gasteiger partial charge in [-0.1, -0.05) is 18.2 Å². The Morgan fingerprint density at radius 1 is 1.00 bits per heavy atom. The van der Waals surface area contributed by atoms with E-state index in [2.05, 4.69) is 4.98 Å². The van der Waals surface area contributed by atoms with Gasteiger partial charge in [-0.3, -0.25) is 4.57 Å². The van der Waals surface area contributed by atoms with E-state index in [1.807, 2.05) is 0 Å². The molecule has 0 amide bonds. The lowest BCUT2D eigenvalue weighted by atomic mass is 10.1. The third kappa shape index (κ3) is 3.11. The SMILES string of the molecule is Cc1cc(F)cc(-c2nc(C(F)(F)F)cn2-c2ccccc2)c1. The summed E-state index contributed by atoms with van der Waals surface area (Å²) in [7, 11) is 0. The van der Waals surface area contributed by atoms with Gasteiger partial charge in [-0.15, -0.1) is 0 Å². The highest BCUT2D eigenvalue weighted by atomic mass is 19.4. The minimum absolute atomic E-state index is 0.0473. The minimum atomic E-state index is -4.57. The summed E-state index contributed by atoms with van der Waals surface area (Å²) in [5.74, 6) is -0.470. The van der Waals surface area contributed by atoms with Crippen LogP contribution in [0.15, 0.2) is 54.7 Å². The Morgan fingerprint density at radius 2 is 1.70 bits per heavy atom. The largest absolute Gasteiger partial charge is 0.434 e. The number of hydrogen-bond acceptors (Lipinski definition) is 1. The molecular formula is C17H12F4N2. The smallest absolute Gasteiger partial charge is 0.299 e. The third-order valence-corrected chi connectivity index (χ3v) is 3.33. The molecule has 3 aromatic rings. The maximum absolute atomic E-state index is 13.6. The molecule has 1 heterocycles. The van der Waals surface area contributed by atoms with Crippen molar-refractivity contribution in [2.75, 3.05) is 0 Å². The van der Waals surface area contributed by atoms with Gasteiger partial charge in [0.15, 0.2) is 5.69 Å². The highest BCUT2D eigenvalue weighted by molar-refractivity contribution is 5.60. The first kappa shape index (κ1) is 15.3. The predicted octanol–water partition coefficient (Wildman–Crippen LogP) is 5.01. The summed E-state index contributed by atoms with van der Waals surface area (Å²) in [5.41, 5.74) is 0.406. The molecule has 0 radical (unpaired) electrons. The zero-order chi connectivity index (χ0) is 16.6. The van der Waals surface area contributed by atoms with Crippen LogP contribution in [0.1, 0.15) is 11.3 Å². The van der Waals surface area contributed by atoms with E-state index in [4.69, 9.17) is 0 Å². The summed E-state index contributed by atoms with van der Waals surface area (Å²) >= 11 is 0. The van der Waals surface area contributed by atoms with Crippen molar-refractivity contribution >= 4 is 0 Å². The summed E-state index contributed by atoms with van der Waals surface area (Å²) in [6.07, 6.45) is -3.65. The van der Waals surface area contributed by atoms with E-state index in [0.29, 0.717) is 16.8 Å². The summed E-state index contributed by atoms with van der Waals surface area (Å²) < 4.78 is 54.0. The highest BCUT2D eigenvalue weighted by Crippen LogP contribution is 2.33. The summed E-state index contributed by atoms with van der Waals surface area (Å²) in [4.78, 5) is 3.68. The monoisotopic (exact) mass is 320 g/mol. The molecule has 2 aromatic carbocycles. The third-order valence-electron chi connectivity index (χ3n) is 3.33. The number of hydrogen-bond donors (Lipinski definition) is 0. The van der Waals surface area contributed by atoms with Crippen molar-refractivity contribution in [2.24, 2.45) is 0 Å². The molecule has 0 aliphatic rings. The first-order valence-corrected chi connectivity index (χ1v) is 6.84. The van der Waals surface area contributed by atoms with E-state index in [1.165, 1.54) is 16.7 Å². The zero-order valence-corrected chi connectivity index (χ0v) is 12.1. The molecular weight excluding hydrogens is 308 g/mol. The van der Waals surface area contributed by atoms with Crippen molar-refractivity contribution in [3.63, 3.8) is 0 Å². The van der Waals surface area contributed by atoms with Crippen LogP contribution >= 0.6 is 0 Å². The number of benzene rings is 2. The highest BCUT2D eigenvalue weighted by Gasteiger charge is 2.35. The Bertz CT molecular complexity index is 815. The number of nitrogens with zero attached hydrogens (tertiary/aromatic N) is 2. The first-order chi connectivity index (χ1) is 10.8. The Kier molecular flexibility index (Phi) is 3.67. The quantitative estimate of drug-likeness (QED) is 0.607. The van der Waals surface area contributed by atoms with Gasteiger partial charge in [-0.2, -0.15) is 13.2 Å². The van der Waals surface area contributed by atoms with Crippen LogP contribution < -0.4 is 0 Å². The zero-order valence-electron chi connectivity index (χ0n) is 12.1. The number of rotatable bonds is 2. The molecule has 23 heavy (non-hydrogen) atoms. The van der Waals surface area contributed by atoms with Crippen molar-refractivity contribution in [1.82, 2.24) is 9.55 Å². The maximum atomic E-state index is 13.6. The maximum Gasteiger partial charge on any atom is 0.434 e. The van der Waals surface area contributed by atoms with Gasteiger partial charge in [0, 0.05) is 17.4 Å². The lowest BCUT2D eigenvalue weighted by molar-refractivity contribution is -0.140. The standard InChI is InChI=1S/C17H12F4N2/c1-11-7-12(9-13(18)8-11)16-22-15(17(19,20)21)10-23(16)14-5-3-2-4-6-14/h2-10H,1H3. The number of alkyl halides is 3. The molecule has 3 rings (SSSR count). The van der Waals surface area contributed by atoms with Crippen molar-refractivity contribution in [2.45, 2.75) is 13.1 Å². The van der Waals surface area contributed by atoms with Crippen LogP contribution in [-0.4, -0.2) is 9.55 Å². The second-order valence-corrected chi connectivity index (χ2v) is 5.17. The van der Waals surface area contributed by atoms with E-state index in [9.17, 15) is 17.6 Å². The second kappa shape index (κ2) is 5.53. The van der Waals surface area contributed by atoms with Gasteiger partial charge in [-0.05, 0) is 42.8 Å². The van der Waals surface area contributed by atoms with Gasteiger partial charge >= 0.3 is 6.18 Å². The van der Waals surface area contributed by atoms with Gasteiger partial charge in [0.05, 0.1) is 0 Å². The Morgan fingerprint density at radius 3 is 2.30 bits per heavy atom. The van der Waals surface area contributed by atoms with Crippen LogP contribution in [0.25, 0.3) is 17.1 Å². The fraction of sp³-hybridized carbons (Fsp3) is 0.118. The molecule has 0 aliphatic heterocycles. The van der Waals surface area contributed by atoms with Crippen LogP contribution in [0.3, 0.4) is 0 Å². The Hall–Kier alpha value is -2.63. The topological polar surface area (TPSA) is 17.8 Å². The van der Waals surface area contributed by atoms with Crippen molar-refractivity contribution in [3.8, 4) is 17.1 Å². The Labute approximate surface area is 130 Å². The van der Waals surface area contributed by atoms with Crippen molar-refractivity contribution < 1.29 is 17.6 Å².